The molecule has 1 aromatic carbocycles. The minimum atomic E-state index is -4.51. The number of benzene rings is 1. The summed E-state index contributed by atoms with van der Waals surface area (Å²) in [5.74, 6) is -1.21. The lowest BCUT2D eigenvalue weighted by atomic mass is 10.2. The Balaban J connectivity index is 1.73. The van der Waals surface area contributed by atoms with Crippen LogP contribution in [0.3, 0.4) is 0 Å². The topological polar surface area (TPSA) is 79.8 Å². The van der Waals surface area contributed by atoms with Crippen LogP contribution in [0.1, 0.15) is 10.4 Å². The second-order valence-electron chi connectivity index (χ2n) is 4.93. The zero-order chi connectivity index (χ0) is 19.0. The summed E-state index contributed by atoms with van der Waals surface area (Å²) >= 11 is 1.49. The molecule has 2 N–H and O–H groups in total. The van der Waals surface area contributed by atoms with Crippen LogP contribution >= 0.6 is 11.3 Å². The summed E-state index contributed by atoms with van der Waals surface area (Å²) in [7, 11) is 0. The molecule has 0 radical (unpaired) electrons. The van der Waals surface area contributed by atoms with Crippen molar-refractivity contribution in [1.29, 1.82) is 0 Å². The molecular formula is C16H14F3N3O3S. The fourth-order valence-corrected chi connectivity index (χ4v) is 2.42. The predicted octanol–water partition coefficient (Wildman–Crippen LogP) is 3.02. The van der Waals surface area contributed by atoms with Crippen molar-refractivity contribution < 1.29 is 27.6 Å². The Morgan fingerprint density at radius 3 is 2.73 bits per heavy atom. The van der Waals surface area contributed by atoms with Gasteiger partial charge < -0.3 is 15.5 Å². The summed E-state index contributed by atoms with van der Waals surface area (Å²) in [4.78, 5) is 28.7. The molecule has 0 atom stereocenters. The molecular weight excluding hydrogens is 371 g/mol. The molecule has 0 aliphatic carbocycles. The van der Waals surface area contributed by atoms with Gasteiger partial charge in [-0.05, 0) is 29.6 Å². The van der Waals surface area contributed by atoms with Gasteiger partial charge in [-0.1, -0.05) is 17.3 Å². The highest BCUT2D eigenvalue weighted by molar-refractivity contribution is 7.09. The molecule has 0 saturated carbocycles. The average Bonchev–Trinajstić information content (AvgIpc) is 3.10. The van der Waals surface area contributed by atoms with Gasteiger partial charge in [0.2, 0.25) is 0 Å². The van der Waals surface area contributed by atoms with Crippen molar-refractivity contribution in [2.45, 2.75) is 12.7 Å². The summed E-state index contributed by atoms with van der Waals surface area (Å²) in [5.41, 5.74) is -0.920. The number of alkyl halides is 3. The number of halogens is 3. The van der Waals surface area contributed by atoms with E-state index in [1.165, 1.54) is 23.5 Å². The van der Waals surface area contributed by atoms with Crippen molar-refractivity contribution in [3.05, 3.63) is 52.2 Å². The lowest BCUT2D eigenvalue weighted by Crippen LogP contribution is -2.26. The molecule has 10 heteroatoms. The van der Waals surface area contributed by atoms with Gasteiger partial charge in [0.15, 0.2) is 6.61 Å². The summed E-state index contributed by atoms with van der Waals surface area (Å²) in [6.07, 6.45) is -3.78. The number of hydrogen-bond acceptors (Lipinski definition) is 5. The van der Waals surface area contributed by atoms with Crippen LogP contribution < -0.4 is 10.6 Å². The largest absolute Gasteiger partial charge is 0.416 e. The maximum absolute atomic E-state index is 12.6. The molecule has 2 amide bonds. The predicted molar refractivity (Wildman–Crippen MR) is 90.7 cm³/mol. The Bertz CT molecular complexity index is 777. The number of anilines is 1. The lowest BCUT2D eigenvalue weighted by molar-refractivity contribution is -0.137. The van der Waals surface area contributed by atoms with Crippen LogP contribution in [0.25, 0.3) is 0 Å². The van der Waals surface area contributed by atoms with Crippen LogP contribution in [0.5, 0.6) is 0 Å². The molecule has 0 aliphatic rings. The highest BCUT2D eigenvalue weighted by Crippen LogP contribution is 2.30. The molecule has 138 valence electrons. The van der Waals surface area contributed by atoms with Crippen LogP contribution in [0, 0.1) is 0 Å². The van der Waals surface area contributed by atoms with E-state index < -0.39 is 30.2 Å². The average molecular weight is 385 g/mol. The van der Waals surface area contributed by atoms with Crippen molar-refractivity contribution in [3.8, 4) is 0 Å². The Kier molecular flexibility index (Phi) is 6.73. The van der Waals surface area contributed by atoms with E-state index in [0.717, 1.165) is 23.2 Å². The molecule has 1 aromatic heterocycles. The monoisotopic (exact) mass is 385 g/mol. The molecule has 1 heterocycles. The molecule has 2 rings (SSSR count). The number of hydrogen-bond donors (Lipinski definition) is 2. The van der Waals surface area contributed by atoms with Crippen molar-refractivity contribution in [3.63, 3.8) is 0 Å². The standard InChI is InChI=1S/C16H14F3N3O3S/c17-16(18,19)11-3-1-4-12(7-11)22-14(23)9-21-25-10-15(24)20-8-13-5-2-6-26-13/h1-7,9H,8,10H2,(H,20,24)(H,22,23)/b21-9+. The van der Waals surface area contributed by atoms with Crippen LogP contribution in [0.15, 0.2) is 46.9 Å². The first-order chi connectivity index (χ1) is 12.3. The van der Waals surface area contributed by atoms with Gasteiger partial charge in [-0.15, -0.1) is 11.3 Å². The van der Waals surface area contributed by atoms with Crippen LogP contribution in [-0.4, -0.2) is 24.6 Å². The molecule has 0 saturated heterocycles. The van der Waals surface area contributed by atoms with E-state index in [4.69, 9.17) is 0 Å². The second-order valence-corrected chi connectivity index (χ2v) is 5.96. The van der Waals surface area contributed by atoms with E-state index in [2.05, 4.69) is 20.6 Å². The summed E-state index contributed by atoms with van der Waals surface area (Å²) in [6.45, 7) is -0.0294. The SMILES string of the molecule is O=C(/C=N/OCC(=O)NCc1cccs1)Nc1cccc(C(F)(F)F)c1. The van der Waals surface area contributed by atoms with E-state index in [9.17, 15) is 22.8 Å². The van der Waals surface area contributed by atoms with Gasteiger partial charge >= 0.3 is 6.18 Å². The zero-order valence-electron chi connectivity index (χ0n) is 13.2. The molecule has 2 aromatic rings. The van der Waals surface area contributed by atoms with Crippen molar-refractivity contribution in [2.75, 3.05) is 11.9 Å². The highest BCUT2D eigenvalue weighted by Gasteiger charge is 2.30. The fraction of sp³-hybridized carbons (Fsp3) is 0.188. The first-order valence-electron chi connectivity index (χ1n) is 7.27. The van der Waals surface area contributed by atoms with E-state index >= 15 is 0 Å². The smallest absolute Gasteiger partial charge is 0.386 e. The van der Waals surface area contributed by atoms with Crippen LogP contribution in [0.4, 0.5) is 18.9 Å². The zero-order valence-corrected chi connectivity index (χ0v) is 14.1. The van der Waals surface area contributed by atoms with Gasteiger partial charge in [0.1, 0.15) is 6.21 Å². The molecule has 26 heavy (non-hydrogen) atoms. The van der Waals surface area contributed by atoms with Gasteiger partial charge in [0.25, 0.3) is 11.8 Å². The third kappa shape index (κ3) is 6.55. The van der Waals surface area contributed by atoms with Gasteiger partial charge in [0.05, 0.1) is 12.1 Å². The van der Waals surface area contributed by atoms with E-state index in [0.29, 0.717) is 6.54 Å². The number of carbonyl (C=O) groups is 2. The third-order valence-electron chi connectivity index (χ3n) is 2.94. The minimum Gasteiger partial charge on any atom is -0.386 e. The number of oxime groups is 1. The highest BCUT2D eigenvalue weighted by atomic mass is 32.1. The second kappa shape index (κ2) is 8.99. The number of rotatable bonds is 7. The van der Waals surface area contributed by atoms with Crippen molar-refractivity contribution in [2.24, 2.45) is 5.16 Å². The number of thiophene rings is 1. The van der Waals surface area contributed by atoms with Crippen molar-refractivity contribution >= 4 is 35.1 Å². The van der Waals surface area contributed by atoms with E-state index in [-0.39, 0.29) is 5.69 Å². The normalized spacial score (nSPS) is 11.3. The summed E-state index contributed by atoms with van der Waals surface area (Å²) in [6, 6.07) is 7.88. The van der Waals surface area contributed by atoms with Gasteiger partial charge in [-0.3, -0.25) is 9.59 Å². The van der Waals surface area contributed by atoms with Crippen molar-refractivity contribution in [1.82, 2.24) is 5.32 Å². The number of amides is 2. The summed E-state index contributed by atoms with van der Waals surface area (Å²) in [5, 5.41) is 10.0. The maximum Gasteiger partial charge on any atom is 0.416 e. The van der Waals surface area contributed by atoms with Gasteiger partial charge in [-0.25, -0.2) is 0 Å². The quantitative estimate of drug-likeness (QED) is 0.568. The molecule has 0 bridgehead atoms. The Morgan fingerprint density at radius 2 is 2.04 bits per heavy atom. The Morgan fingerprint density at radius 1 is 1.23 bits per heavy atom. The molecule has 0 unspecified atom stereocenters. The van der Waals surface area contributed by atoms with E-state index in [1.54, 1.807) is 0 Å². The minimum absolute atomic E-state index is 0.0371. The number of nitrogens with one attached hydrogen (secondary N) is 2. The maximum atomic E-state index is 12.6. The fourth-order valence-electron chi connectivity index (χ4n) is 1.78. The van der Waals surface area contributed by atoms with Crippen LogP contribution in [-0.2, 0) is 27.1 Å². The third-order valence-corrected chi connectivity index (χ3v) is 3.81. The number of carbonyl (C=O) groups excluding carboxylic acids is 2. The van der Waals surface area contributed by atoms with E-state index in [1.807, 2.05) is 17.5 Å². The lowest BCUT2D eigenvalue weighted by Gasteiger charge is -2.08. The molecule has 0 spiro atoms. The van der Waals surface area contributed by atoms with Crippen LogP contribution in [0.2, 0.25) is 0 Å². The Labute approximate surface area is 150 Å². The van der Waals surface area contributed by atoms with Gasteiger partial charge in [0, 0.05) is 10.6 Å². The molecule has 0 aliphatic heterocycles. The first kappa shape index (κ1) is 19.4. The van der Waals surface area contributed by atoms with Gasteiger partial charge in [-0.2, -0.15) is 13.2 Å². The Hall–Kier alpha value is -2.88. The first-order valence-corrected chi connectivity index (χ1v) is 8.15. The number of nitrogens with zero attached hydrogens (tertiary/aromatic N) is 1. The molecule has 6 nitrogen and oxygen atoms in total. The summed E-state index contributed by atoms with van der Waals surface area (Å²) < 4.78 is 37.8. The molecule has 0 fully saturated rings.